The number of terminal acetylenes is 1. The minimum Gasteiger partial charge on any atom is -0.311 e. The van der Waals surface area contributed by atoms with Crippen molar-refractivity contribution in [1.82, 2.24) is 10.3 Å². The fraction of sp³-hybridized carbons (Fsp3) is 0.583. The molecule has 86 valence electrons. The molecule has 0 unspecified atom stereocenters. The zero-order chi connectivity index (χ0) is 11.2. The topological polar surface area (TPSA) is 24.9 Å². The van der Waals surface area contributed by atoms with Gasteiger partial charge < -0.3 is 5.32 Å². The van der Waals surface area contributed by atoms with E-state index >= 15 is 0 Å². The number of nitrogens with one attached hydrogen (secondary N) is 1. The second-order valence-corrected chi connectivity index (χ2v) is 6.12. The van der Waals surface area contributed by atoms with Gasteiger partial charge in [-0.25, -0.2) is 4.98 Å². The molecule has 16 heavy (non-hydrogen) atoms. The van der Waals surface area contributed by atoms with E-state index in [0.29, 0.717) is 0 Å². The summed E-state index contributed by atoms with van der Waals surface area (Å²) in [4.78, 5) is 5.80. The smallest absolute Gasteiger partial charge is 0.0959 e. The third-order valence-electron chi connectivity index (χ3n) is 2.41. The highest BCUT2D eigenvalue weighted by molar-refractivity contribution is 7.99. The first-order valence-corrected chi connectivity index (χ1v) is 7.54. The molecule has 2 nitrogen and oxygen atoms in total. The van der Waals surface area contributed by atoms with Gasteiger partial charge in [-0.2, -0.15) is 0 Å². The van der Waals surface area contributed by atoms with E-state index in [-0.39, 0.29) is 0 Å². The Kier molecular flexibility index (Phi) is 4.70. The highest BCUT2D eigenvalue weighted by Gasteiger charge is 2.26. The molecular formula is C12H16N2S2. The summed E-state index contributed by atoms with van der Waals surface area (Å²) in [6.45, 7) is 1.96. The van der Waals surface area contributed by atoms with Crippen LogP contribution in [0.1, 0.15) is 28.6 Å². The Morgan fingerprint density at radius 2 is 2.50 bits per heavy atom. The molecule has 1 heterocycles. The second kappa shape index (κ2) is 6.29. The maximum absolute atomic E-state index is 5.17. The molecule has 1 fully saturated rings. The third-order valence-corrected chi connectivity index (χ3v) is 4.43. The number of thiazole rings is 1. The predicted octanol–water partition coefficient (Wildman–Crippen LogP) is 2.48. The first-order valence-electron chi connectivity index (χ1n) is 5.56. The minimum atomic E-state index is 0.782. The van der Waals surface area contributed by atoms with E-state index in [1.54, 1.807) is 11.8 Å². The lowest BCUT2D eigenvalue weighted by Gasteiger charge is -2.00. The normalized spacial score (nSPS) is 14.9. The molecule has 0 saturated heterocycles. The average molecular weight is 252 g/mol. The van der Waals surface area contributed by atoms with Crippen molar-refractivity contribution in [3.05, 3.63) is 16.1 Å². The Morgan fingerprint density at radius 1 is 1.62 bits per heavy atom. The van der Waals surface area contributed by atoms with Crippen LogP contribution in [0.2, 0.25) is 0 Å². The van der Waals surface area contributed by atoms with Crippen LogP contribution in [-0.4, -0.2) is 23.0 Å². The Morgan fingerprint density at radius 3 is 3.25 bits per heavy atom. The summed E-state index contributed by atoms with van der Waals surface area (Å²) >= 11 is 3.66. The Labute approximate surface area is 105 Å². The number of thioether (sulfide) groups is 1. The van der Waals surface area contributed by atoms with Crippen LogP contribution < -0.4 is 5.32 Å². The van der Waals surface area contributed by atoms with Crippen LogP contribution >= 0.6 is 23.1 Å². The highest BCUT2D eigenvalue weighted by atomic mass is 32.2. The summed E-state index contributed by atoms with van der Waals surface area (Å²) in [5.41, 5.74) is 0. The lowest BCUT2D eigenvalue weighted by atomic mass is 10.5. The van der Waals surface area contributed by atoms with Gasteiger partial charge in [0.05, 0.1) is 10.8 Å². The van der Waals surface area contributed by atoms with Crippen molar-refractivity contribution in [2.24, 2.45) is 0 Å². The van der Waals surface area contributed by atoms with Crippen LogP contribution in [0.3, 0.4) is 0 Å². The number of nitrogens with zero attached hydrogens (tertiary/aromatic N) is 1. The zero-order valence-electron chi connectivity index (χ0n) is 9.24. The molecule has 1 aliphatic carbocycles. The van der Waals surface area contributed by atoms with Crippen LogP contribution in [0.15, 0.2) is 6.20 Å². The van der Waals surface area contributed by atoms with E-state index in [9.17, 15) is 0 Å². The molecule has 4 heteroatoms. The molecule has 0 spiro atoms. The SMILES string of the molecule is C#CCSCCNCc1cnc(C2CC2)s1. The summed E-state index contributed by atoms with van der Waals surface area (Å²) in [7, 11) is 0. The Hall–Kier alpha value is -0.500. The van der Waals surface area contributed by atoms with Crippen molar-refractivity contribution < 1.29 is 0 Å². The van der Waals surface area contributed by atoms with Gasteiger partial charge in [0.25, 0.3) is 0 Å². The van der Waals surface area contributed by atoms with Gasteiger partial charge in [-0.3, -0.25) is 0 Å². The van der Waals surface area contributed by atoms with Crippen LogP contribution in [-0.2, 0) is 6.54 Å². The van der Waals surface area contributed by atoms with Crippen molar-refractivity contribution >= 4 is 23.1 Å². The highest BCUT2D eigenvalue weighted by Crippen LogP contribution is 2.41. The molecule has 0 bridgehead atoms. The molecule has 1 N–H and O–H groups in total. The fourth-order valence-electron chi connectivity index (χ4n) is 1.41. The van der Waals surface area contributed by atoms with Gasteiger partial charge in [0.2, 0.25) is 0 Å². The standard InChI is InChI=1S/C12H16N2S2/c1-2-6-15-7-5-13-8-11-9-14-12(16-11)10-3-4-10/h1,9-10,13H,3-8H2. The predicted molar refractivity (Wildman–Crippen MR) is 72.0 cm³/mol. The monoisotopic (exact) mass is 252 g/mol. The average Bonchev–Trinajstić information content (AvgIpc) is 3.04. The second-order valence-electron chi connectivity index (χ2n) is 3.87. The van der Waals surface area contributed by atoms with Gasteiger partial charge in [0, 0.05) is 35.8 Å². The van der Waals surface area contributed by atoms with E-state index in [1.165, 1.54) is 22.7 Å². The maximum Gasteiger partial charge on any atom is 0.0959 e. The lowest BCUT2D eigenvalue weighted by molar-refractivity contribution is 0.740. The molecular weight excluding hydrogens is 236 g/mol. The van der Waals surface area contributed by atoms with E-state index in [0.717, 1.165) is 30.5 Å². The van der Waals surface area contributed by atoms with E-state index in [4.69, 9.17) is 6.42 Å². The summed E-state index contributed by atoms with van der Waals surface area (Å²) in [6, 6.07) is 0. The first kappa shape index (κ1) is 12.0. The molecule has 1 aromatic heterocycles. The van der Waals surface area contributed by atoms with Crippen LogP contribution in [0.4, 0.5) is 0 Å². The number of hydrogen-bond donors (Lipinski definition) is 1. The summed E-state index contributed by atoms with van der Waals surface area (Å²) < 4.78 is 0. The van der Waals surface area contributed by atoms with Gasteiger partial charge in [0.15, 0.2) is 0 Å². The van der Waals surface area contributed by atoms with Crippen LogP contribution in [0.25, 0.3) is 0 Å². The molecule has 1 aliphatic rings. The van der Waals surface area contributed by atoms with Gasteiger partial charge in [-0.15, -0.1) is 29.5 Å². The number of hydrogen-bond acceptors (Lipinski definition) is 4. The van der Waals surface area contributed by atoms with Crippen molar-refractivity contribution in [3.63, 3.8) is 0 Å². The van der Waals surface area contributed by atoms with Crippen molar-refractivity contribution in [1.29, 1.82) is 0 Å². The first-order chi connectivity index (χ1) is 7.90. The van der Waals surface area contributed by atoms with E-state index in [1.807, 2.05) is 17.5 Å². The lowest BCUT2D eigenvalue weighted by Crippen LogP contribution is -2.15. The molecule has 0 amide bonds. The van der Waals surface area contributed by atoms with Gasteiger partial charge in [-0.1, -0.05) is 5.92 Å². The maximum atomic E-state index is 5.17. The van der Waals surface area contributed by atoms with E-state index < -0.39 is 0 Å². The molecule has 1 saturated carbocycles. The quantitative estimate of drug-likeness (QED) is 0.596. The summed E-state index contributed by atoms with van der Waals surface area (Å²) in [6.07, 6.45) is 9.86. The molecule has 0 aliphatic heterocycles. The summed E-state index contributed by atoms with van der Waals surface area (Å²) in [5.74, 6) is 5.30. The molecule has 1 aromatic rings. The van der Waals surface area contributed by atoms with Crippen LogP contribution in [0, 0.1) is 12.3 Å². The zero-order valence-corrected chi connectivity index (χ0v) is 10.9. The van der Waals surface area contributed by atoms with Crippen molar-refractivity contribution in [2.45, 2.75) is 25.3 Å². The molecule has 0 atom stereocenters. The van der Waals surface area contributed by atoms with Gasteiger partial charge in [0.1, 0.15) is 0 Å². The third kappa shape index (κ3) is 3.82. The van der Waals surface area contributed by atoms with E-state index in [2.05, 4.69) is 16.2 Å². The van der Waals surface area contributed by atoms with Gasteiger partial charge in [-0.05, 0) is 12.8 Å². The summed E-state index contributed by atoms with van der Waals surface area (Å²) in [5, 5.41) is 4.75. The van der Waals surface area contributed by atoms with Crippen molar-refractivity contribution in [2.75, 3.05) is 18.1 Å². The number of rotatable bonds is 7. The Balaban J connectivity index is 1.59. The van der Waals surface area contributed by atoms with Crippen LogP contribution in [0.5, 0.6) is 0 Å². The minimum absolute atomic E-state index is 0.782. The molecule has 0 radical (unpaired) electrons. The number of aromatic nitrogens is 1. The van der Waals surface area contributed by atoms with Crippen molar-refractivity contribution in [3.8, 4) is 12.3 Å². The largest absolute Gasteiger partial charge is 0.311 e. The molecule has 0 aromatic carbocycles. The fourth-order valence-corrected chi connectivity index (χ4v) is 3.02. The Bertz CT molecular complexity index is 363. The van der Waals surface area contributed by atoms with Gasteiger partial charge >= 0.3 is 0 Å². The molecule has 2 rings (SSSR count).